The van der Waals surface area contributed by atoms with Gasteiger partial charge in [0.05, 0.1) is 0 Å². The Kier molecular flexibility index (Phi) is 17.6. The van der Waals surface area contributed by atoms with Crippen LogP contribution in [0.1, 0.15) is 97.3 Å². The van der Waals surface area contributed by atoms with Gasteiger partial charge in [-0.3, -0.25) is 4.79 Å². The summed E-state index contributed by atoms with van der Waals surface area (Å²) in [5.41, 5.74) is 0. The van der Waals surface area contributed by atoms with Crippen molar-refractivity contribution in [2.75, 3.05) is 11.5 Å². The van der Waals surface area contributed by atoms with E-state index < -0.39 is 12.0 Å². The zero-order valence-electron chi connectivity index (χ0n) is 16.4. The van der Waals surface area contributed by atoms with E-state index >= 15 is 0 Å². The lowest BCUT2D eigenvalue weighted by molar-refractivity contribution is -0.140. The van der Waals surface area contributed by atoms with Gasteiger partial charge in [0.15, 0.2) is 0 Å². The van der Waals surface area contributed by atoms with Crippen LogP contribution in [0.15, 0.2) is 0 Å². The van der Waals surface area contributed by atoms with Crippen LogP contribution in [-0.2, 0) is 9.59 Å². The molecule has 0 unspecified atom stereocenters. The highest BCUT2D eigenvalue weighted by Gasteiger charge is 2.17. The van der Waals surface area contributed by atoms with Gasteiger partial charge in [0.1, 0.15) is 6.04 Å². The van der Waals surface area contributed by atoms with Crippen LogP contribution in [0.5, 0.6) is 0 Å². The van der Waals surface area contributed by atoms with Crippen molar-refractivity contribution in [2.45, 2.75) is 103 Å². The maximum Gasteiger partial charge on any atom is 0.327 e. The third-order valence-electron chi connectivity index (χ3n) is 4.35. The fourth-order valence-electron chi connectivity index (χ4n) is 2.84. The zero-order chi connectivity index (χ0) is 18.8. The summed E-state index contributed by atoms with van der Waals surface area (Å²) in [6, 6.07) is -0.760. The van der Waals surface area contributed by atoms with Gasteiger partial charge < -0.3 is 10.4 Å². The zero-order valence-corrected chi connectivity index (χ0v) is 17.2. The molecular weight excluding hydrogens is 334 g/mol. The molecule has 0 rings (SSSR count). The summed E-state index contributed by atoms with van der Waals surface area (Å²) in [6.07, 6.45) is 17.4. The fourth-order valence-corrected chi connectivity index (χ4v) is 3.88. The molecule has 148 valence electrons. The fraction of sp³-hybridized carbons (Fsp3) is 0.900. The second kappa shape index (κ2) is 18.1. The number of carboxylic acid groups (broad SMARTS) is 1. The van der Waals surface area contributed by atoms with Crippen molar-refractivity contribution in [3.05, 3.63) is 0 Å². The number of carboxylic acids is 1. The summed E-state index contributed by atoms with van der Waals surface area (Å²) < 4.78 is 0. The van der Waals surface area contributed by atoms with Gasteiger partial charge >= 0.3 is 5.97 Å². The Morgan fingerprint density at radius 1 is 0.840 bits per heavy atom. The number of hydrogen-bond donors (Lipinski definition) is 2. The van der Waals surface area contributed by atoms with Crippen LogP contribution in [0.4, 0.5) is 0 Å². The Morgan fingerprint density at radius 2 is 1.28 bits per heavy atom. The van der Waals surface area contributed by atoms with E-state index in [1.807, 2.05) is 0 Å². The van der Waals surface area contributed by atoms with Crippen LogP contribution in [0.25, 0.3) is 0 Å². The number of thioether (sulfide) groups is 1. The van der Waals surface area contributed by atoms with Crippen LogP contribution in [0.2, 0.25) is 0 Å². The van der Waals surface area contributed by atoms with E-state index in [9.17, 15) is 9.59 Å². The Labute approximate surface area is 158 Å². The van der Waals surface area contributed by atoms with E-state index in [4.69, 9.17) is 5.11 Å². The Bertz CT molecular complexity index is 337. The van der Waals surface area contributed by atoms with Crippen LogP contribution in [0, 0.1) is 0 Å². The quantitative estimate of drug-likeness (QED) is 0.316. The first-order valence-electron chi connectivity index (χ1n) is 10.2. The molecule has 0 aliphatic heterocycles. The molecule has 0 aromatic heterocycles. The Balaban J connectivity index is 3.28. The highest BCUT2D eigenvalue weighted by atomic mass is 32.2. The summed E-state index contributed by atoms with van der Waals surface area (Å²) >= 11 is 1.62. The normalized spacial score (nSPS) is 12.1. The molecule has 4 nitrogen and oxygen atoms in total. The van der Waals surface area contributed by atoms with Gasteiger partial charge in [0, 0.05) is 12.7 Å². The van der Waals surface area contributed by atoms with Gasteiger partial charge in [-0.05, 0) is 12.2 Å². The van der Waals surface area contributed by atoms with Gasteiger partial charge in [-0.25, -0.2) is 4.79 Å². The van der Waals surface area contributed by atoms with Gasteiger partial charge in [0.2, 0.25) is 5.91 Å². The minimum atomic E-state index is -0.951. The van der Waals surface area contributed by atoms with Gasteiger partial charge in [-0.2, -0.15) is 11.8 Å². The first-order chi connectivity index (χ1) is 12.1. The van der Waals surface area contributed by atoms with Crippen molar-refractivity contribution in [3.8, 4) is 0 Å². The van der Waals surface area contributed by atoms with E-state index in [0.717, 1.165) is 12.2 Å². The number of unbranched alkanes of at least 4 members (excludes halogenated alkanes) is 12. The number of hydrogen-bond acceptors (Lipinski definition) is 3. The highest BCUT2D eigenvalue weighted by molar-refractivity contribution is 7.99. The van der Waals surface area contributed by atoms with Gasteiger partial charge in [-0.1, -0.05) is 84.0 Å². The van der Waals surface area contributed by atoms with E-state index in [1.165, 1.54) is 84.0 Å². The average Bonchev–Trinajstić information content (AvgIpc) is 2.56. The number of rotatable bonds is 18. The number of nitrogens with one attached hydrogen (secondary N) is 1. The summed E-state index contributed by atoms with van der Waals surface area (Å²) in [5.74, 6) is 0.191. The summed E-state index contributed by atoms with van der Waals surface area (Å²) in [6.45, 7) is 3.62. The topological polar surface area (TPSA) is 66.4 Å². The summed E-state index contributed by atoms with van der Waals surface area (Å²) in [5, 5.41) is 11.5. The molecule has 2 N–H and O–H groups in total. The lowest BCUT2D eigenvalue weighted by atomic mass is 10.1. The number of amides is 1. The molecule has 0 saturated carbocycles. The van der Waals surface area contributed by atoms with Crippen LogP contribution < -0.4 is 5.32 Å². The summed E-state index contributed by atoms with van der Waals surface area (Å²) in [4.78, 5) is 21.9. The highest BCUT2D eigenvalue weighted by Crippen LogP contribution is 2.14. The minimum absolute atomic E-state index is 0.283. The van der Waals surface area contributed by atoms with Crippen LogP contribution in [0.3, 0.4) is 0 Å². The first kappa shape index (κ1) is 24.3. The SMILES string of the molecule is CCCCCCCCCCCCCCCSC[C@H](NC(C)=O)C(=O)O. The molecule has 0 aromatic rings. The molecule has 0 spiro atoms. The molecule has 0 fully saturated rings. The molecular formula is C20H39NO3S. The molecule has 1 atom stereocenters. The molecule has 0 bridgehead atoms. The second-order valence-corrected chi connectivity index (χ2v) is 8.06. The minimum Gasteiger partial charge on any atom is -0.480 e. The van der Waals surface area contributed by atoms with Crippen LogP contribution in [-0.4, -0.2) is 34.5 Å². The molecule has 5 heteroatoms. The third kappa shape index (κ3) is 17.9. The molecule has 0 aromatic carbocycles. The predicted molar refractivity (Wildman–Crippen MR) is 108 cm³/mol. The lowest BCUT2D eigenvalue weighted by Gasteiger charge is -2.12. The largest absolute Gasteiger partial charge is 0.480 e. The van der Waals surface area contributed by atoms with E-state index in [-0.39, 0.29) is 5.91 Å². The van der Waals surface area contributed by atoms with Crippen molar-refractivity contribution in [3.63, 3.8) is 0 Å². The Hall–Kier alpha value is -0.710. The van der Waals surface area contributed by atoms with Gasteiger partial charge in [0.25, 0.3) is 0 Å². The van der Waals surface area contributed by atoms with Crippen LogP contribution >= 0.6 is 11.8 Å². The Morgan fingerprint density at radius 3 is 1.68 bits per heavy atom. The summed E-state index contributed by atoms with van der Waals surface area (Å²) in [7, 11) is 0. The molecule has 0 aliphatic rings. The molecule has 0 saturated heterocycles. The molecule has 1 amide bonds. The molecule has 0 heterocycles. The number of aliphatic carboxylic acids is 1. The molecule has 0 radical (unpaired) electrons. The number of carbonyl (C=O) groups is 2. The van der Waals surface area contributed by atoms with E-state index in [1.54, 1.807) is 11.8 Å². The van der Waals surface area contributed by atoms with Crippen molar-refractivity contribution in [2.24, 2.45) is 0 Å². The van der Waals surface area contributed by atoms with Crippen molar-refractivity contribution in [1.29, 1.82) is 0 Å². The standard InChI is InChI=1S/C20H39NO3S/c1-3-4-5-6-7-8-9-10-11-12-13-14-15-16-25-17-19(20(23)24)21-18(2)22/h19H,3-17H2,1-2H3,(H,21,22)(H,23,24)/t19-/m0/s1. The molecule has 25 heavy (non-hydrogen) atoms. The van der Waals surface area contributed by atoms with Crippen molar-refractivity contribution >= 4 is 23.6 Å². The molecule has 0 aliphatic carbocycles. The lowest BCUT2D eigenvalue weighted by Crippen LogP contribution is -2.41. The first-order valence-corrected chi connectivity index (χ1v) is 11.3. The number of carbonyl (C=O) groups excluding carboxylic acids is 1. The predicted octanol–water partition coefficient (Wildman–Crippen LogP) is 5.40. The van der Waals surface area contributed by atoms with Crippen molar-refractivity contribution in [1.82, 2.24) is 5.32 Å². The maximum atomic E-state index is 11.0. The third-order valence-corrected chi connectivity index (χ3v) is 5.50. The van der Waals surface area contributed by atoms with Gasteiger partial charge in [-0.15, -0.1) is 0 Å². The van der Waals surface area contributed by atoms with E-state index in [0.29, 0.717) is 5.75 Å². The van der Waals surface area contributed by atoms with E-state index in [2.05, 4.69) is 12.2 Å². The van der Waals surface area contributed by atoms with Crippen molar-refractivity contribution < 1.29 is 14.7 Å². The smallest absolute Gasteiger partial charge is 0.327 e. The second-order valence-electron chi connectivity index (χ2n) is 6.91. The maximum absolute atomic E-state index is 11.0. The average molecular weight is 374 g/mol. The monoisotopic (exact) mass is 373 g/mol.